The Morgan fingerprint density at radius 1 is 1.17 bits per heavy atom. The lowest BCUT2D eigenvalue weighted by Gasteiger charge is -2.24. The molecule has 2 heterocycles. The lowest BCUT2D eigenvalue weighted by Crippen LogP contribution is -2.29. The maximum atomic E-state index is 13.9. The molecule has 1 aliphatic heterocycles. The molecule has 0 saturated carbocycles. The van der Waals surface area contributed by atoms with Gasteiger partial charge in [-0.25, -0.2) is 4.39 Å². The minimum atomic E-state index is -0.922. The molecule has 0 spiro atoms. The van der Waals surface area contributed by atoms with Gasteiger partial charge in [0, 0.05) is 16.1 Å². The lowest BCUT2D eigenvalue weighted by molar-refractivity contribution is -0.132. The van der Waals surface area contributed by atoms with Gasteiger partial charge in [0.2, 0.25) is 0 Å². The third-order valence-electron chi connectivity index (χ3n) is 4.77. The van der Waals surface area contributed by atoms with E-state index < -0.39 is 29.3 Å². The molecule has 1 atom stereocenters. The quantitative estimate of drug-likeness (QED) is 0.343. The van der Waals surface area contributed by atoms with Gasteiger partial charge in [0.05, 0.1) is 17.7 Å². The smallest absolute Gasteiger partial charge is 0.300 e. The zero-order valence-electron chi connectivity index (χ0n) is 15.6. The summed E-state index contributed by atoms with van der Waals surface area (Å²) in [5.41, 5.74) is 0.253. The molecule has 8 heteroatoms. The van der Waals surface area contributed by atoms with E-state index in [2.05, 4.69) is 0 Å². The maximum absolute atomic E-state index is 13.9. The molecule has 0 aliphatic carbocycles. The average molecular weight is 444 g/mol. The molecule has 2 aromatic carbocycles. The highest BCUT2D eigenvalue weighted by Crippen LogP contribution is 2.44. The van der Waals surface area contributed by atoms with Gasteiger partial charge < -0.3 is 9.84 Å². The van der Waals surface area contributed by atoms with Crippen LogP contribution in [0.1, 0.15) is 16.5 Å². The van der Waals surface area contributed by atoms with Crippen molar-refractivity contribution in [3.63, 3.8) is 0 Å². The highest BCUT2D eigenvalue weighted by atomic mass is 35.5. The van der Waals surface area contributed by atoms with Gasteiger partial charge in [-0.3, -0.25) is 14.5 Å². The number of aliphatic hydroxyl groups excluding tert-OH is 1. The van der Waals surface area contributed by atoms with Gasteiger partial charge in [-0.2, -0.15) is 0 Å². The van der Waals surface area contributed by atoms with E-state index in [1.807, 2.05) is 0 Å². The van der Waals surface area contributed by atoms with Gasteiger partial charge in [-0.1, -0.05) is 23.7 Å². The van der Waals surface area contributed by atoms with Crippen molar-refractivity contribution < 1.29 is 23.8 Å². The summed E-state index contributed by atoms with van der Waals surface area (Å²) in [5.74, 6) is -2.29. The van der Waals surface area contributed by atoms with E-state index in [-0.39, 0.29) is 21.8 Å². The van der Waals surface area contributed by atoms with Gasteiger partial charge in [0.15, 0.2) is 0 Å². The number of anilines is 1. The number of hydrogen-bond acceptors (Lipinski definition) is 5. The number of halogens is 2. The molecule has 0 bridgehead atoms. The highest BCUT2D eigenvalue weighted by molar-refractivity contribution is 7.10. The minimum absolute atomic E-state index is 0.123. The average Bonchev–Trinajstić information content (AvgIpc) is 3.35. The molecule has 1 N–H and O–H groups in total. The summed E-state index contributed by atoms with van der Waals surface area (Å²) in [4.78, 5) is 27.7. The van der Waals surface area contributed by atoms with Crippen molar-refractivity contribution in [2.75, 3.05) is 12.0 Å². The fraction of sp³-hybridized carbons (Fsp3) is 0.0909. The Kier molecular flexibility index (Phi) is 5.32. The van der Waals surface area contributed by atoms with Crippen molar-refractivity contribution in [2.45, 2.75) is 6.04 Å². The number of ether oxygens (including phenoxy) is 1. The van der Waals surface area contributed by atoms with Crippen LogP contribution in [0.25, 0.3) is 5.76 Å². The largest absolute Gasteiger partial charge is 0.507 e. The predicted octanol–water partition coefficient (Wildman–Crippen LogP) is 5.18. The van der Waals surface area contributed by atoms with Crippen molar-refractivity contribution in [1.29, 1.82) is 0 Å². The fourth-order valence-corrected chi connectivity index (χ4v) is 4.43. The van der Waals surface area contributed by atoms with E-state index in [1.165, 1.54) is 59.7 Å². The number of carbonyl (C=O) groups is 2. The number of amides is 1. The van der Waals surface area contributed by atoms with Crippen LogP contribution in [0.5, 0.6) is 5.75 Å². The maximum Gasteiger partial charge on any atom is 0.300 e. The van der Waals surface area contributed by atoms with E-state index >= 15 is 0 Å². The number of methoxy groups -OCH3 is 1. The van der Waals surface area contributed by atoms with Gasteiger partial charge in [-0.15, -0.1) is 11.3 Å². The monoisotopic (exact) mass is 443 g/mol. The third-order valence-corrected chi connectivity index (χ3v) is 6.03. The first-order chi connectivity index (χ1) is 14.4. The molecule has 3 aromatic rings. The van der Waals surface area contributed by atoms with Crippen molar-refractivity contribution in [2.24, 2.45) is 0 Å². The molecule has 5 nitrogen and oxygen atoms in total. The van der Waals surface area contributed by atoms with Crippen molar-refractivity contribution in [3.05, 3.63) is 86.8 Å². The number of nitrogens with zero attached hydrogens (tertiary/aromatic N) is 1. The number of ketones is 1. The summed E-state index contributed by atoms with van der Waals surface area (Å²) in [5, 5.41) is 13.0. The van der Waals surface area contributed by atoms with Crippen LogP contribution in [0.15, 0.2) is 65.6 Å². The molecule has 1 aromatic heterocycles. The molecule has 0 radical (unpaired) electrons. The second kappa shape index (κ2) is 7.93. The molecular formula is C22H15ClFNO4S. The molecule has 1 fully saturated rings. The molecule has 1 saturated heterocycles. The van der Waals surface area contributed by atoms with Crippen LogP contribution in [0, 0.1) is 5.82 Å². The molecule has 1 unspecified atom stereocenters. The second-order valence-corrected chi connectivity index (χ2v) is 7.90. The number of Topliss-reactive ketones (excluding diaryl/α,β-unsaturated/α-hetero) is 1. The van der Waals surface area contributed by atoms with E-state index in [4.69, 9.17) is 16.3 Å². The van der Waals surface area contributed by atoms with Gasteiger partial charge >= 0.3 is 0 Å². The Morgan fingerprint density at radius 3 is 2.63 bits per heavy atom. The number of hydrogen-bond donors (Lipinski definition) is 1. The molecule has 152 valence electrons. The Hall–Kier alpha value is -3.16. The lowest BCUT2D eigenvalue weighted by atomic mass is 9.99. The number of carbonyl (C=O) groups excluding carboxylic acids is 2. The Bertz CT molecular complexity index is 1180. The summed E-state index contributed by atoms with van der Waals surface area (Å²) in [6.07, 6.45) is 0. The van der Waals surface area contributed by atoms with Crippen LogP contribution in [-0.4, -0.2) is 23.9 Å². The summed E-state index contributed by atoms with van der Waals surface area (Å²) in [6.45, 7) is 0. The molecule has 30 heavy (non-hydrogen) atoms. The van der Waals surface area contributed by atoms with E-state index in [0.29, 0.717) is 10.6 Å². The molecule has 1 aliphatic rings. The van der Waals surface area contributed by atoms with Crippen LogP contribution < -0.4 is 9.64 Å². The summed E-state index contributed by atoms with van der Waals surface area (Å²) in [6, 6.07) is 12.6. The normalized spacial score (nSPS) is 18.1. The number of aliphatic hydroxyl groups is 1. The predicted molar refractivity (Wildman–Crippen MR) is 114 cm³/mol. The second-order valence-electron chi connectivity index (χ2n) is 6.51. The number of thiophene rings is 1. The van der Waals surface area contributed by atoms with E-state index in [1.54, 1.807) is 23.6 Å². The highest BCUT2D eigenvalue weighted by Gasteiger charge is 2.47. The van der Waals surface area contributed by atoms with Crippen LogP contribution in [-0.2, 0) is 9.59 Å². The number of benzene rings is 2. The summed E-state index contributed by atoms with van der Waals surface area (Å²) >= 11 is 7.56. The van der Waals surface area contributed by atoms with Crippen LogP contribution in [0.3, 0.4) is 0 Å². The van der Waals surface area contributed by atoms with Crippen molar-refractivity contribution >= 4 is 46.1 Å². The van der Waals surface area contributed by atoms with Crippen molar-refractivity contribution in [3.8, 4) is 5.75 Å². The van der Waals surface area contributed by atoms with Crippen LogP contribution in [0.2, 0.25) is 5.02 Å². The van der Waals surface area contributed by atoms with Crippen LogP contribution >= 0.6 is 22.9 Å². The van der Waals surface area contributed by atoms with Crippen molar-refractivity contribution in [1.82, 2.24) is 0 Å². The summed E-state index contributed by atoms with van der Waals surface area (Å²) < 4.78 is 19.0. The van der Waals surface area contributed by atoms with E-state index in [9.17, 15) is 19.1 Å². The van der Waals surface area contributed by atoms with Gasteiger partial charge in [0.1, 0.15) is 23.4 Å². The van der Waals surface area contributed by atoms with Crippen LogP contribution in [0.4, 0.5) is 10.1 Å². The first kappa shape index (κ1) is 20.1. The first-order valence-corrected chi connectivity index (χ1v) is 10.1. The molecule has 4 rings (SSSR count). The summed E-state index contributed by atoms with van der Waals surface area (Å²) in [7, 11) is 1.46. The third kappa shape index (κ3) is 3.36. The minimum Gasteiger partial charge on any atom is -0.507 e. The molecular weight excluding hydrogens is 429 g/mol. The number of rotatable bonds is 4. The first-order valence-electron chi connectivity index (χ1n) is 8.86. The Morgan fingerprint density at radius 2 is 1.97 bits per heavy atom. The zero-order chi connectivity index (χ0) is 21.4. The van der Waals surface area contributed by atoms with Gasteiger partial charge in [-0.05, 0) is 47.8 Å². The van der Waals surface area contributed by atoms with E-state index in [0.717, 1.165) is 0 Å². The fourth-order valence-electron chi connectivity index (χ4n) is 3.40. The zero-order valence-corrected chi connectivity index (χ0v) is 17.2. The Labute approximate surface area is 180 Å². The van der Waals surface area contributed by atoms with Gasteiger partial charge in [0.25, 0.3) is 11.7 Å². The standard InChI is InChI=1S/C22H15ClFNO4S/c1-29-14-7-8-16(23)15(11-14)20(26)18-19(17-6-3-9-30-17)25(22(28)21(18)27)13-5-2-4-12(24)10-13/h2-11,19,26H,1H3/b20-18-. The Balaban J connectivity index is 1.96. The topological polar surface area (TPSA) is 66.8 Å². The molecule has 1 amide bonds. The SMILES string of the molecule is COc1ccc(Cl)c(/C(O)=C2/C(=O)C(=O)N(c3cccc(F)c3)C2c2cccs2)c1.